The van der Waals surface area contributed by atoms with E-state index in [9.17, 15) is 4.79 Å². The van der Waals surface area contributed by atoms with Gasteiger partial charge in [-0.3, -0.25) is 10.1 Å². The first-order valence-electron chi connectivity index (χ1n) is 8.00. The first-order chi connectivity index (χ1) is 13.1. The zero-order chi connectivity index (χ0) is 18.8. The molecular formula is C18H13ClN6OS. The van der Waals surface area contributed by atoms with E-state index < -0.39 is 5.91 Å². The third-order valence-corrected chi connectivity index (χ3v) is 4.71. The number of carbonyl (C=O) groups excluding carboxylic acids is 1. The maximum absolute atomic E-state index is 12.6. The Kier molecular flexibility index (Phi) is 4.66. The Morgan fingerprint density at radius 1 is 1.15 bits per heavy atom. The van der Waals surface area contributed by atoms with E-state index in [0.717, 1.165) is 22.8 Å². The highest BCUT2D eigenvalue weighted by molar-refractivity contribution is 7.10. The molecule has 9 heteroatoms. The highest BCUT2D eigenvalue weighted by Gasteiger charge is 2.19. The van der Waals surface area contributed by atoms with E-state index in [1.807, 2.05) is 42.5 Å². The molecule has 0 aliphatic carbocycles. The van der Waals surface area contributed by atoms with Crippen molar-refractivity contribution in [3.63, 3.8) is 0 Å². The van der Waals surface area contributed by atoms with Crippen LogP contribution in [0.2, 0.25) is 5.02 Å². The van der Waals surface area contributed by atoms with Crippen molar-refractivity contribution >= 4 is 34.2 Å². The first kappa shape index (κ1) is 17.3. The molecule has 0 saturated heterocycles. The number of hydrogen-bond acceptors (Lipinski definition) is 6. The Labute approximate surface area is 163 Å². The summed E-state index contributed by atoms with van der Waals surface area (Å²) in [6, 6.07) is 16.7. The van der Waals surface area contributed by atoms with Gasteiger partial charge in [0, 0.05) is 22.1 Å². The number of halogens is 1. The first-order valence-corrected chi connectivity index (χ1v) is 9.15. The van der Waals surface area contributed by atoms with Crippen LogP contribution in [0.25, 0.3) is 17.1 Å². The third kappa shape index (κ3) is 3.57. The van der Waals surface area contributed by atoms with E-state index in [4.69, 9.17) is 11.6 Å². The van der Waals surface area contributed by atoms with Crippen molar-refractivity contribution in [3.05, 3.63) is 71.0 Å². The molecule has 0 spiro atoms. The summed E-state index contributed by atoms with van der Waals surface area (Å²) in [7, 11) is 0. The van der Waals surface area contributed by atoms with Crippen molar-refractivity contribution in [1.29, 1.82) is 0 Å². The molecule has 27 heavy (non-hydrogen) atoms. The molecule has 1 N–H and O–H groups in total. The number of benzene rings is 2. The fourth-order valence-corrected chi connectivity index (χ4v) is 3.30. The van der Waals surface area contributed by atoms with Gasteiger partial charge >= 0.3 is 0 Å². The average Bonchev–Trinajstić information content (AvgIpc) is 3.29. The third-order valence-electron chi connectivity index (χ3n) is 3.84. The van der Waals surface area contributed by atoms with E-state index >= 15 is 0 Å². The van der Waals surface area contributed by atoms with Crippen LogP contribution in [0.3, 0.4) is 0 Å². The standard InChI is InChI=1S/C18H13ClN6OS/c1-11-15(22-24-25(11)14-9-5-8-13(19)10-14)17(26)21-18-20-16(23-27-18)12-6-3-2-4-7-12/h2-10H,1H3,(H,20,21,23,26). The minimum atomic E-state index is -0.392. The second kappa shape index (κ2) is 7.26. The van der Waals surface area contributed by atoms with Crippen LogP contribution in [0, 0.1) is 6.92 Å². The smallest absolute Gasteiger partial charge is 0.279 e. The van der Waals surface area contributed by atoms with Gasteiger partial charge in [0.2, 0.25) is 5.13 Å². The van der Waals surface area contributed by atoms with Gasteiger partial charge < -0.3 is 0 Å². The van der Waals surface area contributed by atoms with Gasteiger partial charge in [-0.05, 0) is 25.1 Å². The number of amides is 1. The van der Waals surface area contributed by atoms with Gasteiger partial charge in [-0.2, -0.15) is 9.36 Å². The number of rotatable bonds is 4. The highest BCUT2D eigenvalue weighted by atomic mass is 35.5. The molecule has 0 saturated carbocycles. The zero-order valence-corrected chi connectivity index (χ0v) is 15.7. The molecule has 2 heterocycles. The second-order valence-electron chi connectivity index (χ2n) is 5.66. The van der Waals surface area contributed by atoms with Gasteiger partial charge in [-0.1, -0.05) is 53.2 Å². The van der Waals surface area contributed by atoms with Crippen LogP contribution in [0.1, 0.15) is 16.2 Å². The Morgan fingerprint density at radius 3 is 2.74 bits per heavy atom. The van der Waals surface area contributed by atoms with Crippen molar-refractivity contribution < 1.29 is 4.79 Å². The topological polar surface area (TPSA) is 85.6 Å². The van der Waals surface area contributed by atoms with Gasteiger partial charge in [0.1, 0.15) is 0 Å². The molecule has 4 aromatic rings. The Bertz CT molecular complexity index is 1110. The molecule has 0 atom stereocenters. The SMILES string of the molecule is Cc1c(C(=O)Nc2nc(-c3ccccc3)ns2)nnn1-c1cccc(Cl)c1. The lowest BCUT2D eigenvalue weighted by Crippen LogP contribution is -2.14. The molecule has 0 unspecified atom stereocenters. The number of nitrogens with one attached hydrogen (secondary N) is 1. The number of hydrogen-bond donors (Lipinski definition) is 1. The van der Waals surface area contributed by atoms with Gasteiger partial charge in [0.25, 0.3) is 5.91 Å². The molecule has 0 aliphatic heterocycles. The fourth-order valence-electron chi connectivity index (χ4n) is 2.53. The predicted molar refractivity (Wildman–Crippen MR) is 104 cm³/mol. The van der Waals surface area contributed by atoms with Gasteiger partial charge in [-0.15, -0.1) is 5.10 Å². The minimum Gasteiger partial charge on any atom is -0.295 e. The van der Waals surface area contributed by atoms with E-state index in [-0.39, 0.29) is 5.69 Å². The van der Waals surface area contributed by atoms with Crippen LogP contribution < -0.4 is 5.32 Å². The molecule has 0 aliphatic rings. The molecule has 2 aromatic heterocycles. The normalized spacial score (nSPS) is 10.7. The summed E-state index contributed by atoms with van der Waals surface area (Å²) in [4.78, 5) is 16.9. The molecule has 0 fully saturated rings. The molecule has 0 bridgehead atoms. The summed E-state index contributed by atoms with van der Waals surface area (Å²) in [6.07, 6.45) is 0. The van der Waals surface area contributed by atoms with E-state index in [1.54, 1.807) is 23.7 Å². The van der Waals surface area contributed by atoms with Crippen LogP contribution in [0.15, 0.2) is 54.6 Å². The van der Waals surface area contributed by atoms with Gasteiger partial charge in [0.15, 0.2) is 11.5 Å². The Balaban J connectivity index is 1.55. The largest absolute Gasteiger partial charge is 0.295 e. The summed E-state index contributed by atoms with van der Waals surface area (Å²) < 4.78 is 5.84. The molecular weight excluding hydrogens is 384 g/mol. The number of carbonyl (C=O) groups is 1. The quantitative estimate of drug-likeness (QED) is 0.563. The summed E-state index contributed by atoms with van der Waals surface area (Å²) in [5.74, 6) is 0.173. The average molecular weight is 397 g/mol. The lowest BCUT2D eigenvalue weighted by Gasteiger charge is -2.04. The lowest BCUT2D eigenvalue weighted by molar-refractivity contribution is 0.102. The summed E-state index contributed by atoms with van der Waals surface area (Å²) in [6.45, 7) is 1.77. The summed E-state index contributed by atoms with van der Waals surface area (Å²) in [5.41, 5.74) is 2.43. The molecule has 0 radical (unpaired) electrons. The number of nitrogens with zero attached hydrogens (tertiary/aromatic N) is 5. The maximum Gasteiger partial charge on any atom is 0.279 e. The van der Waals surface area contributed by atoms with E-state index in [2.05, 4.69) is 25.0 Å². The summed E-state index contributed by atoms with van der Waals surface area (Å²) in [5, 5.41) is 11.8. The molecule has 7 nitrogen and oxygen atoms in total. The van der Waals surface area contributed by atoms with Crippen molar-refractivity contribution in [2.75, 3.05) is 5.32 Å². The van der Waals surface area contributed by atoms with Crippen LogP contribution >= 0.6 is 23.1 Å². The van der Waals surface area contributed by atoms with Crippen molar-refractivity contribution in [2.45, 2.75) is 6.92 Å². The summed E-state index contributed by atoms with van der Waals surface area (Å²) >= 11 is 7.13. The van der Waals surface area contributed by atoms with Crippen molar-refractivity contribution in [1.82, 2.24) is 24.4 Å². The molecule has 4 rings (SSSR count). The molecule has 2 aromatic carbocycles. The van der Waals surface area contributed by atoms with Crippen LogP contribution in [-0.4, -0.2) is 30.3 Å². The van der Waals surface area contributed by atoms with Crippen LogP contribution in [-0.2, 0) is 0 Å². The fraction of sp³-hybridized carbons (Fsp3) is 0.0556. The predicted octanol–water partition coefficient (Wildman–Crippen LogP) is 4.00. The Morgan fingerprint density at radius 2 is 1.96 bits per heavy atom. The van der Waals surface area contributed by atoms with E-state index in [1.165, 1.54) is 0 Å². The van der Waals surface area contributed by atoms with Crippen molar-refractivity contribution in [3.8, 4) is 17.1 Å². The van der Waals surface area contributed by atoms with Crippen LogP contribution in [0.5, 0.6) is 0 Å². The van der Waals surface area contributed by atoms with Crippen molar-refractivity contribution in [2.24, 2.45) is 0 Å². The lowest BCUT2D eigenvalue weighted by atomic mass is 10.2. The molecule has 134 valence electrons. The van der Waals surface area contributed by atoms with Gasteiger partial charge in [-0.25, -0.2) is 4.68 Å². The van der Waals surface area contributed by atoms with Gasteiger partial charge in [0.05, 0.1) is 11.4 Å². The van der Waals surface area contributed by atoms with E-state index in [0.29, 0.717) is 21.7 Å². The Hall–Kier alpha value is -3.10. The second-order valence-corrected chi connectivity index (χ2v) is 6.85. The molecule has 1 amide bonds. The highest BCUT2D eigenvalue weighted by Crippen LogP contribution is 2.22. The number of aromatic nitrogens is 5. The number of anilines is 1. The minimum absolute atomic E-state index is 0.214. The zero-order valence-electron chi connectivity index (χ0n) is 14.1. The van der Waals surface area contributed by atoms with Crippen LogP contribution in [0.4, 0.5) is 5.13 Å². The monoisotopic (exact) mass is 396 g/mol. The maximum atomic E-state index is 12.6.